The molecule has 0 amide bonds. The van der Waals surface area contributed by atoms with Crippen molar-refractivity contribution in [2.75, 3.05) is 0 Å². The second kappa shape index (κ2) is 12.6. The van der Waals surface area contributed by atoms with Crippen molar-refractivity contribution in [2.45, 2.75) is 0 Å². The topological polar surface area (TPSA) is 56.7 Å². The fourth-order valence-corrected chi connectivity index (χ4v) is 9.63. The summed E-state index contributed by atoms with van der Waals surface area (Å²) >= 11 is 1.79. The minimum Gasteiger partial charge on any atom is -0.456 e. The van der Waals surface area contributed by atoms with E-state index in [1.54, 1.807) is 11.3 Å². The van der Waals surface area contributed by atoms with Crippen molar-refractivity contribution in [3.8, 4) is 51.0 Å². The molecule has 57 heavy (non-hydrogen) atoms. The van der Waals surface area contributed by atoms with Crippen molar-refractivity contribution in [1.82, 2.24) is 19.5 Å². The molecule has 0 spiro atoms. The minimum absolute atomic E-state index is 0.601. The maximum Gasteiger partial charge on any atom is 0.164 e. The number of aromatic nitrogens is 4. The number of para-hydroxylation sites is 2. The van der Waals surface area contributed by atoms with E-state index in [4.69, 9.17) is 19.4 Å². The van der Waals surface area contributed by atoms with Gasteiger partial charge in [-0.05, 0) is 71.8 Å². The number of furan rings is 1. The largest absolute Gasteiger partial charge is 0.456 e. The number of hydrogen-bond acceptors (Lipinski definition) is 5. The van der Waals surface area contributed by atoms with Crippen LogP contribution in [-0.4, -0.2) is 19.5 Å². The lowest BCUT2D eigenvalue weighted by atomic mass is 9.99. The van der Waals surface area contributed by atoms with Crippen LogP contribution in [0.1, 0.15) is 0 Å². The van der Waals surface area contributed by atoms with Crippen LogP contribution in [-0.2, 0) is 0 Å². The van der Waals surface area contributed by atoms with Gasteiger partial charge < -0.3 is 8.98 Å². The van der Waals surface area contributed by atoms with E-state index in [2.05, 4.69) is 156 Å². The number of nitrogens with zero attached hydrogens (tertiary/aromatic N) is 4. The molecule has 6 heteroatoms. The van der Waals surface area contributed by atoms with Gasteiger partial charge in [-0.3, -0.25) is 0 Å². The average molecular weight is 747 g/mol. The molecule has 0 aliphatic rings. The van der Waals surface area contributed by atoms with E-state index in [9.17, 15) is 0 Å². The highest BCUT2D eigenvalue weighted by atomic mass is 32.1. The van der Waals surface area contributed by atoms with E-state index in [-0.39, 0.29) is 0 Å². The van der Waals surface area contributed by atoms with Gasteiger partial charge in [-0.1, -0.05) is 121 Å². The van der Waals surface area contributed by atoms with Gasteiger partial charge in [0.05, 0.1) is 11.0 Å². The van der Waals surface area contributed by atoms with Crippen LogP contribution in [0, 0.1) is 0 Å². The van der Waals surface area contributed by atoms with Gasteiger partial charge >= 0.3 is 0 Å². The summed E-state index contributed by atoms with van der Waals surface area (Å²) in [4.78, 5) is 15.6. The number of thiophene rings is 1. The Hall–Kier alpha value is -7.41. The SMILES string of the molecule is c1ccc(-c2nc(-c3cccc4oc5ccc(-c6ccc7c(c6)c6ccccc6n7-c6ccccc6)cc5c34)nc(-c3cccc4sc5ccccc5c34)n2)cc1. The Morgan fingerprint density at radius 3 is 1.82 bits per heavy atom. The molecule has 0 aliphatic carbocycles. The van der Waals surface area contributed by atoms with Crippen molar-refractivity contribution in [1.29, 1.82) is 0 Å². The van der Waals surface area contributed by atoms with Crippen molar-refractivity contribution in [3.63, 3.8) is 0 Å². The molecular weight excluding hydrogens is 717 g/mol. The van der Waals surface area contributed by atoms with Gasteiger partial charge in [0.1, 0.15) is 11.2 Å². The second-order valence-electron chi connectivity index (χ2n) is 14.4. The number of benzene rings is 8. The van der Waals surface area contributed by atoms with Crippen molar-refractivity contribution < 1.29 is 4.42 Å². The molecule has 0 fully saturated rings. The Labute approximate surface area is 330 Å². The molecule has 4 aromatic heterocycles. The summed E-state index contributed by atoms with van der Waals surface area (Å²) in [5.74, 6) is 1.87. The Kier molecular flexibility index (Phi) is 7.03. The summed E-state index contributed by atoms with van der Waals surface area (Å²) in [6.45, 7) is 0. The first-order chi connectivity index (χ1) is 28.2. The third kappa shape index (κ3) is 5.04. The Morgan fingerprint density at radius 2 is 1.00 bits per heavy atom. The Balaban J connectivity index is 1.06. The number of rotatable bonds is 5. The Bertz CT molecular complexity index is 3530. The first kappa shape index (κ1) is 31.9. The van der Waals surface area contributed by atoms with Crippen molar-refractivity contribution in [3.05, 3.63) is 182 Å². The van der Waals surface area contributed by atoms with Crippen LogP contribution >= 0.6 is 11.3 Å². The quantitative estimate of drug-likeness (QED) is 0.176. The summed E-state index contributed by atoms with van der Waals surface area (Å²) in [5.41, 5.74) is 10.2. The molecule has 12 rings (SSSR count). The van der Waals surface area contributed by atoms with Crippen LogP contribution in [0.3, 0.4) is 0 Å². The molecule has 12 aromatic rings. The first-order valence-electron chi connectivity index (χ1n) is 19.0. The lowest BCUT2D eigenvalue weighted by Crippen LogP contribution is -2.00. The standard InChI is InChI=1S/C51H30N4OS/c1-3-13-31(14-4-1)49-52-50(54-51(53-49)38-20-12-24-46-48(38)36-18-8-10-23-45(36)57-46)37-19-11-22-44-47(37)40-30-33(26-28-43(40)56-44)32-25-27-42-39(29-32)35-17-7-9-21-41(35)55(42)34-15-5-2-6-16-34/h1-30H. The summed E-state index contributed by atoms with van der Waals surface area (Å²) in [7, 11) is 0. The lowest BCUT2D eigenvalue weighted by molar-refractivity contribution is 0.669. The second-order valence-corrected chi connectivity index (χ2v) is 15.4. The zero-order valence-corrected chi connectivity index (χ0v) is 31.2. The molecule has 8 aromatic carbocycles. The molecule has 266 valence electrons. The molecule has 0 saturated carbocycles. The van der Waals surface area contributed by atoms with Gasteiger partial charge in [-0.25, -0.2) is 15.0 Å². The molecular formula is C51H30N4OS. The molecule has 0 saturated heterocycles. The highest BCUT2D eigenvalue weighted by Gasteiger charge is 2.21. The van der Waals surface area contributed by atoms with E-state index in [0.717, 1.165) is 60.8 Å². The Morgan fingerprint density at radius 1 is 0.386 bits per heavy atom. The minimum atomic E-state index is 0.601. The van der Waals surface area contributed by atoms with Crippen LogP contribution in [0.15, 0.2) is 186 Å². The van der Waals surface area contributed by atoms with Gasteiger partial charge in [0, 0.05) is 64.1 Å². The van der Waals surface area contributed by atoms with E-state index in [1.165, 1.54) is 36.6 Å². The summed E-state index contributed by atoms with van der Waals surface area (Å²) < 4.78 is 11.3. The lowest BCUT2D eigenvalue weighted by Gasteiger charge is -2.10. The van der Waals surface area contributed by atoms with Crippen molar-refractivity contribution in [2.24, 2.45) is 0 Å². The van der Waals surface area contributed by atoms with Gasteiger partial charge in [0.2, 0.25) is 0 Å². The summed E-state index contributed by atoms with van der Waals surface area (Å²) in [6, 6.07) is 63.8. The van der Waals surface area contributed by atoms with E-state index in [1.807, 2.05) is 30.3 Å². The highest BCUT2D eigenvalue weighted by Crippen LogP contribution is 2.42. The van der Waals surface area contributed by atoms with Crippen LogP contribution < -0.4 is 0 Å². The zero-order chi connectivity index (χ0) is 37.5. The predicted molar refractivity (Wildman–Crippen MR) is 236 cm³/mol. The third-order valence-corrected chi connectivity index (χ3v) is 12.2. The van der Waals surface area contributed by atoms with Gasteiger partial charge in [-0.15, -0.1) is 11.3 Å². The van der Waals surface area contributed by atoms with Gasteiger partial charge in [0.25, 0.3) is 0 Å². The molecule has 5 nitrogen and oxygen atoms in total. The van der Waals surface area contributed by atoms with Crippen molar-refractivity contribution >= 4 is 75.3 Å². The fourth-order valence-electron chi connectivity index (χ4n) is 8.49. The maximum absolute atomic E-state index is 6.54. The molecule has 0 N–H and O–H groups in total. The first-order valence-corrected chi connectivity index (χ1v) is 19.8. The monoisotopic (exact) mass is 746 g/mol. The van der Waals surface area contributed by atoms with Crippen LogP contribution in [0.5, 0.6) is 0 Å². The zero-order valence-electron chi connectivity index (χ0n) is 30.4. The van der Waals surface area contributed by atoms with E-state index in [0.29, 0.717) is 17.5 Å². The molecule has 0 unspecified atom stereocenters. The third-order valence-electron chi connectivity index (χ3n) is 11.1. The predicted octanol–water partition coefficient (Wildman–Crippen LogP) is 13.9. The molecule has 4 heterocycles. The summed E-state index contributed by atoms with van der Waals surface area (Å²) in [5, 5.41) is 6.79. The summed E-state index contributed by atoms with van der Waals surface area (Å²) in [6.07, 6.45) is 0. The van der Waals surface area contributed by atoms with E-state index < -0.39 is 0 Å². The van der Waals surface area contributed by atoms with Crippen LogP contribution in [0.4, 0.5) is 0 Å². The average Bonchev–Trinajstić information content (AvgIpc) is 3.96. The molecule has 0 bridgehead atoms. The molecule has 0 atom stereocenters. The van der Waals surface area contributed by atoms with Gasteiger partial charge in [0.15, 0.2) is 17.5 Å². The van der Waals surface area contributed by atoms with Crippen LogP contribution in [0.25, 0.3) is 115 Å². The normalized spacial score (nSPS) is 11.9. The smallest absolute Gasteiger partial charge is 0.164 e. The highest BCUT2D eigenvalue weighted by molar-refractivity contribution is 7.25. The van der Waals surface area contributed by atoms with Crippen LogP contribution in [0.2, 0.25) is 0 Å². The van der Waals surface area contributed by atoms with Gasteiger partial charge in [-0.2, -0.15) is 0 Å². The molecule has 0 radical (unpaired) electrons. The van der Waals surface area contributed by atoms with E-state index >= 15 is 0 Å². The number of hydrogen-bond donors (Lipinski definition) is 0. The maximum atomic E-state index is 6.54. The molecule has 0 aliphatic heterocycles. The number of fused-ring (bicyclic) bond motifs is 9. The fraction of sp³-hybridized carbons (Fsp3) is 0.